The van der Waals surface area contributed by atoms with Crippen molar-refractivity contribution >= 4 is 17.5 Å². The van der Waals surface area contributed by atoms with Crippen molar-refractivity contribution in [3.8, 4) is 11.8 Å². The van der Waals surface area contributed by atoms with Crippen molar-refractivity contribution in [2.24, 2.45) is 0 Å². The van der Waals surface area contributed by atoms with Crippen LogP contribution in [-0.2, 0) is 4.74 Å². The Labute approximate surface area is 130 Å². The van der Waals surface area contributed by atoms with Crippen LogP contribution in [0.4, 0.5) is 0 Å². The van der Waals surface area contributed by atoms with E-state index < -0.39 is 0 Å². The van der Waals surface area contributed by atoms with E-state index in [-0.39, 0.29) is 18.6 Å². The van der Waals surface area contributed by atoms with E-state index in [2.05, 4.69) is 11.8 Å². The number of aliphatic hydroxyl groups is 1. The summed E-state index contributed by atoms with van der Waals surface area (Å²) < 4.78 is 5.10. The minimum absolute atomic E-state index is 0.0138. The van der Waals surface area contributed by atoms with E-state index in [1.807, 2.05) is 13.8 Å². The molecule has 4 nitrogen and oxygen atoms in total. The number of hydrogen-bond acceptors (Lipinski definition) is 3. The third-order valence-corrected chi connectivity index (χ3v) is 3.37. The number of hydrogen-bond donors (Lipinski definition) is 1. The Hall–Kier alpha value is -1.54. The van der Waals surface area contributed by atoms with Gasteiger partial charge in [-0.2, -0.15) is 0 Å². The Kier molecular flexibility index (Phi) is 7.24. The van der Waals surface area contributed by atoms with Crippen molar-refractivity contribution in [3.05, 3.63) is 34.3 Å². The molecular weight excluding hydrogens is 290 g/mol. The van der Waals surface area contributed by atoms with Crippen molar-refractivity contribution in [2.45, 2.75) is 19.9 Å². The average Bonchev–Trinajstić information content (AvgIpc) is 2.46. The smallest absolute Gasteiger partial charge is 0.254 e. The number of amides is 1. The van der Waals surface area contributed by atoms with Crippen LogP contribution in [0, 0.1) is 11.8 Å². The second-order valence-electron chi connectivity index (χ2n) is 4.55. The fraction of sp³-hybridized carbons (Fsp3) is 0.438. The summed E-state index contributed by atoms with van der Waals surface area (Å²) in [5, 5.41) is 9.09. The van der Waals surface area contributed by atoms with Gasteiger partial charge in [0.2, 0.25) is 0 Å². The van der Waals surface area contributed by atoms with E-state index in [1.165, 1.54) is 0 Å². The summed E-state index contributed by atoms with van der Waals surface area (Å²) in [6, 6.07) is 4.97. The van der Waals surface area contributed by atoms with Gasteiger partial charge in [0.05, 0.1) is 17.7 Å². The number of aliphatic hydroxyl groups excluding tert-OH is 1. The SMILES string of the molecule is CCN(C(=O)c1ccc(C#CCO)c(Cl)c1)C(C)COC. The maximum Gasteiger partial charge on any atom is 0.254 e. The maximum atomic E-state index is 12.5. The first kappa shape index (κ1) is 17.5. The van der Waals surface area contributed by atoms with Crippen LogP contribution in [0.1, 0.15) is 29.8 Å². The second kappa shape index (κ2) is 8.68. The Morgan fingerprint density at radius 3 is 2.76 bits per heavy atom. The summed E-state index contributed by atoms with van der Waals surface area (Å²) in [7, 11) is 1.61. The largest absolute Gasteiger partial charge is 0.384 e. The monoisotopic (exact) mass is 309 g/mol. The van der Waals surface area contributed by atoms with Gasteiger partial charge in [0, 0.05) is 24.8 Å². The molecule has 0 fully saturated rings. The molecule has 0 spiro atoms. The quantitative estimate of drug-likeness (QED) is 0.848. The lowest BCUT2D eigenvalue weighted by Crippen LogP contribution is -2.40. The lowest BCUT2D eigenvalue weighted by atomic mass is 10.1. The molecule has 1 unspecified atom stereocenters. The van der Waals surface area contributed by atoms with Crippen LogP contribution >= 0.6 is 11.6 Å². The Bertz CT molecular complexity index is 548. The van der Waals surface area contributed by atoms with Gasteiger partial charge in [-0.1, -0.05) is 23.4 Å². The minimum atomic E-state index is -0.227. The summed E-state index contributed by atoms with van der Waals surface area (Å²) in [6.45, 7) is 4.70. The number of rotatable bonds is 5. The molecule has 1 N–H and O–H groups in total. The first-order chi connectivity index (χ1) is 10.0. The van der Waals surface area contributed by atoms with Crippen molar-refractivity contribution in [3.63, 3.8) is 0 Å². The molecule has 0 aromatic heterocycles. The summed E-state index contributed by atoms with van der Waals surface area (Å²) in [4.78, 5) is 14.2. The zero-order valence-electron chi connectivity index (χ0n) is 12.5. The highest BCUT2D eigenvalue weighted by Crippen LogP contribution is 2.19. The van der Waals surface area contributed by atoms with Gasteiger partial charge >= 0.3 is 0 Å². The highest BCUT2D eigenvalue weighted by molar-refractivity contribution is 6.32. The molecule has 21 heavy (non-hydrogen) atoms. The van der Waals surface area contributed by atoms with Crippen molar-refractivity contribution in [1.29, 1.82) is 0 Å². The number of carbonyl (C=O) groups is 1. The molecule has 0 heterocycles. The number of ether oxygens (including phenoxy) is 1. The van der Waals surface area contributed by atoms with E-state index in [1.54, 1.807) is 30.2 Å². The summed E-state index contributed by atoms with van der Waals surface area (Å²) >= 11 is 6.12. The van der Waals surface area contributed by atoms with Crippen LogP contribution in [0.3, 0.4) is 0 Å². The third-order valence-electron chi connectivity index (χ3n) is 3.06. The molecule has 1 amide bonds. The van der Waals surface area contributed by atoms with Crippen LogP contribution in [0.25, 0.3) is 0 Å². The van der Waals surface area contributed by atoms with Crippen LogP contribution in [-0.4, -0.2) is 48.8 Å². The number of carbonyl (C=O) groups excluding carboxylic acids is 1. The highest BCUT2D eigenvalue weighted by atomic mass is 35.5. The number of likely N-dealkylation sites (N-methyl/N-ethyl adjacent to an activating group) is 1. The van der Waals surface area contributed by atoms with Gasteiger partial charge in [0.25, 0.3) is 5.91 Å². The minimum Gasteiger partial charge on any atom is -0.384 e. The first-order valence-corrected chi connectivity index (χ1v) is 7.12. The molecule has 0 aliphatic carbocycles. The van der Waals surface area contributed by atoms with E-state index >= 15 is 0 Å². The fourth-order valence-corrected chi connectivity index (χ4v) is 2.26. The lowest BCUT2D eigenvalue weighted by Gasteiger charge is -2.27. The highest BCUT2D eigenvalue weighted by Gasteiger charge is 2.20. The zero-order chi connectivity index (χ0) is 15.8. The Balaban J connectivity index is 2.99. The molecule has 0 saturated heterocycles. The summed E-state index contributed by atoms with van der Waals surface area (Å²) in [5.74, 6) is 5.18. The van der Waals surface area contributed by atoms with Gasteiger partial charge in [-0.3, -0.25) is 4.79 Å². The number of halogens is 1. The summed E-state index contributed by atoms with van der Waals surface area (Å²) in [5.41, 5.74) is 1.11. The molecular formula is C16H20ClNO3. The van der Waals surface area contributed by atoms with Crippen molar-refractivity contribution < 1.29 is 14.6 Å². The van der Waals surface area contributed by atoms with Crippen LogP contribution in [0.2, 0.25) is 5.02 Å². The predicted octanol–water partition coefficient (Wildman–Crippen LogP) is 2.18. The average molecular weight is 310 g/mol. The van der Waals surface area contributed by atoms with E-state index in [4.69, 9.17) is 21.4 Å². The van der Waals surface area contributed by atoms with Crippen LogP contribution < -0.4 is 0 Å². The second-order valence-corrected chi connectivity index (χ2v) is 4.96. The van der Waals surface area contributed by atoms with Gasteiger partial charge < -0.3 is 14.7 Å². The number of benzene rings is 1. The molecule has 0 radical (unpaired) electrons. The molecule has 1 atom stereocenters. The van der Waals surface area contributed by atoms with Crippen LogP contribution in [0.5, 0.6) is 0 Å². The maximum absolute atomic E-state index is 12.5. The molecule has 0 saturated carbocycles. The number of nitrogens with zero attached hydrogens (tertiary/aromatic N) is 1. The van der Waals surface area contributed by atoms with Gasteiger partial charge in [-0.15, -0.1) is 0 Å². The Morgan fingerprint density at radius 1 is 1.52 bits per heavy atom. The van der Waals surface area contributed by atoms with E-state index in [0.29, 0.717) is 29.3 Å². The lowest BCUT2D eigenvalue weighted by molar-refractivity contribution is 0.0579. The van der Waals surface area contributed by atoms with Gasteiger partial charge in [0.1, 0.15) is 6.61 Å². The van der Waals surface area contributed by atoms with E-state index in [9.17, 15) is 4.79 Å². The fourth-order valence-electron chi connectivity index (χ4n) is 2.04. The van der Waals surface area contributed by atoms with Crippen molar-refractivity contribution in [1.82, 2.24) is 4.90 Å². The van der Waals surface area contributed by atoms with Gasteiger partial charge in [-0.05, 0) is 32.0 Å². The molecule has 1 rings (SSSR count). The molecule has 1 aromatic rings. The molecule has 1 aromatic carbocycles. The summed E-state index contributed by atoms with van der Waals surface area (Å²) in [6.07, 6.45) is 0. The van der Waals surface area contributed by atoms with Gasteiger partial charge in [-0.25, -0.2) is 0 Å². The van der Waals surface area contributed by atoms with Crippen LogP contribution in [0.15, 0.2) is 18.2 Å². The normalized spacial score (nSPS) is 11.5. The first-order valence-electron chi connectivity index (χ1n) is 6.74. The topological polar surface area (TPSA) is 49.8 Å². The predicted molar refractivity (Wildman–Crippen MR) is 83.5 cm³/mol. The standard InChI is InChI=1S/C16H20ClNO3/c1-4-18(12(2)11-21-3)16(20)14-8-7-13(6-5-9-19)15(17)10-14/h7-8,10,12,19H,4,9,11H2,1-3H3. The molecule has 5 heteroatoms. The number of methoxy groups -OCH3 is 1. The molecule has 0 aliphatic rings. The third kappa shape index (κ3) is 4.75. The zero-order valence-corrected chi connectivity index (χ0v) is 13.3. The van der Waals surface area contributed by atoms with Crippen molar-refractivity contribution in [2.75, 3.05) is 26.9 Å². The molecule has 114 valence electrons. The Morgan fingerprint density at radius 2 is 2.24 bits per heavy atom. The molecule has 0 aliphatic heterocycles. The molecule has 0 bridgehead atoms. The van der Waals surface area contributed by atoms with E-state index in [0.717, 1.165) is 0 Å². The van der Waals surface area contributed by atoms with Gasteiger partial charge in [0.15, 0.2) is 0 Å².